The minimum atomic E-state index is 0.269. The predicted molar refractivity (Wildman–Crippen MR) is 74.5 cm³/mol. The molecule has 1 fully saturated rings. The van der Waals surface area contributed by atoms with Crippen LogP contribution in [0.1, 0.15) is 44.6 Å². The Labute approximate surface area is 113 Å². The van der Waals surface area contributed by atoms with Crippen molar-refractivity contribution in [2.45, 2.75) is 45.1 Å². The van der Waals surface area contributed by atoms with E-state index in [0.29, 0.717) is 24.8 Å². The number of nitrogen functional groups attached to an aromatic ring is 1. The highest BCUT2D eigenvalue weighted by atomic mass is 15.3. The quantitative estimate of drug-likeness (QED) is 0.598. The molecule has 0 aromatic carbocycles. The summed E-state index contributed by atoms with van der Waals surface area (Å²) in [6.45, 7) is 4.90. The summed E-state index contributed by atoms with van der Waals surface area (Å²) in [6, 6.07) is 2.71. The molecule has 102 valence electrons. The van der Waals surface area contributed by atoms with Gasteiger partial charge in [-0.25, -0.2) is 15.8 Å². The third-order valence-corrected chi connectivity index (χ3v) is 3.30. The van der Waals surface area contributed by atoms with Gasteiger partial charge in [0.05, 0.1) is 12.5 Å². The van der Waals surface area contributed by atoms with E-state index in [4.69, 9.17) is 11.1 Å². The van der Waals surface area contributed by atoms with Crippen molar-refractivity contribution in [2.24, 2.45) is 5.84 Å². The summed E-state index contributed by atoms with van der Waals surface area (Å²) in [7, 11) is 0. The fourth-order valence-electron chi connectivity index (χ4n) is 2.28. The van der Waals surface area contributed by atoms with Crippen molar-refractivity contribution in [3.05, 3.63) is 11.9 Å². The fraction of sp³-hybridized carbons (Fsp3) is 0.615. The van der Waals surface area contributed by atoms with Crippen molar-refractivity contribution in [1.82, 2.24) is 9.97 Å². The Bertz CT molecular complexity index is 475. The van der Waals surface area contributed by atoms with Crippen LogP contribution >= 0.6 is 0 Å². The molecule has 0 bridgehead atoms. The van der Waals surface area contributed by atoms with E-state index in [0.717, 1.165) is 11.4 Å². The Morgan fingerprint density at radius 3 is 2.79 bits per heavy atom. The highest BCUT2D eigenvalue weighted by Crippen LogP contribution is 2.36. The largest absolute Gasteiger partial charge is 0.352 e. The second-order valence-corrected chi connectivity index (χ2v) is 5.09. The molecule has 2 rings (SSSR count). The molecule has 0 aliphatic heterocycles. The van der Waals surface area contributed by atoms with Gasteiger partial charge in [0.25, 0.3) is 0 Å². The second kappa shape index (κ2) is 5.85. The van der Waals surface area contributed by atoms with Crippen LogP contribution in [0, 0.1) is 11.3 Å². The van der Waals surface area contributed by atoms with Crippen molar-refractivity contribution in [3.63, 3.8) is 0 Å². The van der Waals surface area contributed by atoms with E-state index in [-0.39, 0.29) is 5.92 Å². The molecule has 1 aliphatic carbocycles. The first-order valence-electron chi connectivity index (χ1n) is 6.64. The smallest absolute Gasteiger partial charge is 0.148 e. The fourth-order valence-corrected chi connectivity index (χ4v) is 2.28. The van der Waals surface area contributed by atoms with E-state index in [9.17, 15) is 0 Å². The van der Waals surface area contributed by atoms with Crippen molar-refractivity contribution >= 4 is 11.6 Å². The summed E-state index contributed by atoms with van der Waals surface area (Å²) in [4.78, 5) is 10.8. The number of hydrogen-bond donors (Lipinski definition) is 2. The topological polar surface area (TPSA) is 90.9 Å². The lowest BCUT2D eigenvalue weighted by molar-refractivity contribution is 0.748. The first-order chi connectivity index (χ1) is 9.19. The van der Waals surface area contributed by atoms with Gasteiger partial charge in [0.1, 0.15) is 18.0 Å². The first kappa shape index (κ1) is 13.6. The molecule has 1 saturated carbocycles. The number of nitrogens with one attached hydrogen (secondary N) is 1. The summed E-state index contributed by atoms with van der Waals surface area (Å²) in [5, 5.41) is 8.80. The van der Waals surface area contributed by atoms with Crippen molar-refractivity contribution < 1.29 is 0 Å². The Balaban J connectivity index is 2.38. The first-order valence-corrected chi connectivity index (χ1v) is 6.64. The molecule has 0 unspecified atom stereocenters. The molecule has 1 heterocycles. The average molecular weight is 260 g/mol. The van der Waals surface area contributed by atoms with Crippen molar-refractivity contribution in [2.75, 3.05) is 16.9 Å². The number of aromatic nitrogens is 2. The van der Waals surface area contributed by atoms with Crippen LogP contribution in [0.2, 0.25) is 0 Å². The van der Waals surface area contributed by atoms with Gasteiger partial charge in [-0.2, -0.15) is 5.26 Å². The molecule has 3 N–H and O–H groups in total. The van der Waals surface area contributed by atoms with Crippen LogP contribution in [0.3, 0.4) is 0 Å². The van der Waals surface area contributed by atoms with Crippen LogP contribution in [0.25, 0.3) is 0 Å². The van der Waals surface area contributed by atoms with Crippen LogP contribution in [0.15, 0.2) is 6.33 Å². The summed E-state index contributed by atoms with van der Waals surface area (Å²) >= 11 is 0. The molecule has 0 radical (unpaired) electrons. The Morgan fingerprint density at radius 1 is 1.53 bits per heavy atom. The molecule has 0 saturated heterocycles. The van der Waals surface area contributed by atoms with Gasteiger partial charge in [0, 0.05) is 18.2 Å². The maximum absolute atomic E-state index is 8.80. The van der Waals surface area contributed by atoms with Crippen LogP contribution in [0.4, 0.5) is 11.6 Å². The minimum Gasteiger partial charge on any atom is -0.352 e. The molecule has 6 nitrogen and oxygen atoms in total. The standard InChI is InChI=1S/C13H20N6/c1-9(2)11-12(18-15)16-8-17-13(11)19(7-3-6-14)10-4-5-10/h8-10H,3-5,7,15H2,1-2H3,(H,16,17,18). The Hall–Kier alpha value is -1.87. The molecular weight excluding hydrogens is 240 g/mol. The van der Waals surface area contributed by atoms with Crippen LogP contribution < -0.4 is 16.2 Å². The number of nitrogens with zero attached hydrogens (tertiary/aromatic N) is 4. The van der Waals surface area contributed by atoms with E-state index in [1.807, 2.05) is 0 Å². The zero-order valence-corrected chi connectivity index (χ0v) is 11.4. The summed E-state index contributed by atoms with van der Waals surface area (Å²) in [6.07, 6.45) is 4.36. The number of hydrazine groups is 1. The zero-order chi connectivity index (χ0) is 13.8. The van der Waals surface area contributed by atoms with Crippen molar-refractivity contribution in [1.29, 1.82) is 5.26 Å². The van der Waals surface area contributed by atoms with Crippen LogP contribution in [0.5, 0.6) is 0 Å². The SMILES string of the molecule is CC(C)c1c(NN)ncnc1N(CCC#N)C1CC1. The van der Waals surface area contributed by atoms with E-state index >= 15 is 0 Å². The second-order valence-electron chi connectivity index (χ2n) is 5.09. The number of nitrogens with two attached hydrogens (primary N) is 1. The van der Waals surface area contributed by atoms with Gasteiger partial charge >= 0.3 is 0 Å². The average Bonchev–Trinajstić information content (AvgIpc) is 3.23. The zero-order valence-electron chi connectivity index (χ0n) is 11.4. The molecular formula is C13H20N6. The molecule has 19 heavy (non-hydrogen) atoms. The summed E-state index contributed by atoms with van der Waals surface area (Å²) in [5.41, 5.74) is 3.67. The van der Waals surface area contributed by atoms with Crippen molar-refractivity contribution in [3.8, 4) is 6.07 Å². The predicted octanol–water partition coefficient (Wildman–Crippen LogP) is 1.77. The van der Waals surface area contributed by atoms with Gasteiger partial charge in [-0.15, -0.1) is 0 Å². The number of rotatable bonds is 6. The van der Waals surface area contributed by atoms with E-state index in [2.05, 4.69) is 40.2 Å². The maximum Gasteiger partial charge on any atom is 0.148 e. The van der Waals surface area contributed by atoms with E-state index < -0.39 is 0 Å². The molecule has 0 amide bonds. The number of anilines is 2. The normalized spacial score (nSPS) is 14.3. The molecule has 1 aromatic rings. The lowest BCUT2D eigenvalue weighted by Gasteiger charge is -2.26. The van der Waals surface area contributed by atoms with Gasteiger partial charge in [-0.1, -0.05) is 13.8 Å². The van der Waals surface area contributed by atoms with Gasteiger partial charge in [0.2, 0.25) is 0 Å². The molecule has 0 spiro atoms. The summed E-state index contributed by atoms with van der Waals surface area (Å²) < 4.78 is 0. The minimum absolute atomic E-state index is 0.269. The lowest BCUT2D eigenvalue weighted by Crippen LogP contribution is -2.29. The highest BCUT2D eigenvalue weighted by Gasteiger charge is 2.32. The van der Waals surface area contributed by atoms with E-state index in [1.54, 1.807) is 0 Å². The molecule has 6 heteroatoms. The van der Waals surface area contributed by atoms with E-state index in [1.165, 1.54) is 19.2 Å². The monoisotopic (exact) mass is 260 g/mol. The van der Waals surface area contributed by atoms with Gasteiger partial charge < -0.3 is 10.3 Å². The highest BCUT2D eigenvalue weighted by molar-refractivity contribution is 5.60. The van der Waals surface area contributed by atoms with Gasteiger partial charge in [-0.3, -0.25) is 0 Å². The van der Waals surface area contributed by atoms with Gasteiger partial charge in [0.15, 0.2) is 0 Å². The van der Waals surface area contributed by atoms with Gasteiger partial charge in [-0.05, 0) is 18.8 Å². The third kappa shape index (κ3) is 2.93. The molecule has 0 atom stereocenters. The van der Waals surface area contributed by atoms with Crippen LogP contribution in [-0.2, 0) is 0 Å². The lowest BCUT2D eigenvalue weighted by atomic mass is 10.0. The Morgan fingerprint density at radius 2 is 2.26 bits per heavy atom. The van der Waals surface area contributed by atoms with Crippen LogP contribution in [-0.4, -0.2) is 22.6 Å². The summed E-state index contributed by atoms with van der Waals surface area (Å²) in [5.74, 6) is 7.39. The number of nitriles is 1. The number of hydrogen-bond acceptors (Lipinski definition) is 6. The third-order valence-electron chi connectivity index (χ3n) is 3.30. The molecule has 1 aliphatic rings. The maximum atomic E-state index is 8.80. The Kier molecular flexibility index (Phi) is 4.17. The molecule has 1 aromatic heterocycles.